The van der Waals surface area contributed by atoms with Crippen molar-refractivity contribution in [3.63, 3.8) is 0 Å². The number of hydrogen-bond acceptors (Lipinski definition) is 4. The zero-order chi connectivity index (χ0) is 21.8. The smallest absolute Gasteiger partial charge is 0.246 e. The summed E-state index contributed by atoms with van der Waals surface area (Å²) in [5.41, 5.74) is -1.51. The number of fused-ring (bicyclic) bond motifs is 1. The summed E-state index contributed by atoms with van der Waals surface area (Å²) in [5, 5.41) is 6.20. The Bertz CT molecular complexity index is 765. The van der Waals surface area contributed by atoms with Crippen LogP contribution in [0.1, 0.15) is 66.7 Å². The van der Waals surface area contributed by atoms with Crippen LogP contribution in [0.4, 0.5) is 0 Å². The highest BCUT2D eigenvalue weighted by atomic mass is 16.5. The van der Waals surface area contributed by atoms with Crippen molar-refractivity contribution < 1.29 is 19.1 Å². The van der Waals surface area contributed by atoms with E-state index in [-0.39, 0.29) is 29.8 Å². The van der Waals surface area contributed by atoms with Gasteiger partial charge in [0.05, 0.1) is 17.9 Å². The maximum absolute atomic E-state index is 13.6. The molecule has 3 amide bonds. The average molecular weight is 418 g/mol. The predicted octanol–water partition coefficient (Wildman–Crippen LogP) is 1.91. The fourth-order valence-corrected chi connectivity index (χ4v) is 5.74. The Hall–Kier alpha value is -1.89. The molecular weight excluding hydrogens is 382 g/mol. The van der Waals surface area contributed by atoms with Gasteiger partial charge in [-0.2, -0.15) is 0 Å². The molecule has 1 saturated carbocycles. The van der Waals surface area contributed by atoms with E-state index in [9.17, 15) is 14.4 Å². The molecule has 0 unspecified atom stereocenters. The molecule has 0 aromatic rings. The molecule has 0 radical (unpaired) electrons. The fraction of sp³-hybridized carbons (Fsp3) is 0.783. The molecule has 2 N–H and O–H groups in total. The Morgan fingerprint density at radius 2 is 1.83 bits per heavy atom. The lowest BCUT2D eigenvalue weighted by Gasteiger charge is -2.36. The molecule has 2 bridgehead atoms. The Kier molecular flexibility index (Phi) is 5.24. The molecule has 0 aromatic heterocycles. The number of nitrogens with one attached hydrogen (secondary N) is 2. The first-order valence-corrected chi connectivity index (χ1v) is 11.4. The van der Waals surface area contributed by atoms with Gasteiger partial charge in [-0.15, -0.1) is 0 Å². The molecule has 166 valence electrons. The van der Waals surface area contributed by atoms with E-state index in [4.69, 9.17) is 4.74 Å². The molecule has 1 aliphatic carbocycles. The summed E-state index contributed by atoms with van der Waals surface area (Å²) >= 11 is 0. The van der Waals surface area contributed by atoms with Crippen molar-refractivity contribution in [2.24, 2.45) is 11.8 Å². The molecule has 7 nitrogen and oxygen atoms in total. The minimum Gasteiger partial charge on any atom is -0.359 e. The Labute approximate surface area is 179 Å². The quantitative estimate of drug-likeness (QED) is 0.684. The molecule has 3 fully saturated rings. The Morgan fingerprint density at radius 1 is 1.17 bits per heavy atom. The molecule has 7 heteroatoms. The number of carbonyl (C=O) groups is 3. The maximum atomic E-state index is 13.6. The molecular formula is C23H35N3O4. The summed E-state index contributed by atoms with van der Waals surface area (Å²) in [6.45, 7) is 9.56. The van der Waals surface area contributed by atoms with Crippen molar-refractivity contribution in [1.82, 2.24) is 15.5 Å². The number of likely N-dealkylation sites (tertiary alicyclic amines) is 1. The van der Waals surface area contributed by atoms with Crippen LogP contribution in [-0.2, 0) is 19.1 Å². The van der Waals surface area contributed by atoms with Crippen molar-refractivity contribution in [1.29, 1.82) is 0 Å². The average Bonchev–Trinajstić information content (AvgIpc) is 3.28. The molecule has 0 aromatic carbocycles. The first-order chi connectivity index (χ1) is 14.0. The van der Waals surface area contributed by atoms with Gasteiger partial charge in [0.15, 0.2) is 0 Å². The number of rotatable bonds is 4. The molecule has 3 heterocycles. The minimum atomic E-state index is -1.07. The monoisotopic (exact) mass is 417 g/mol. The van der Waals surface area contributed by atoms with Gasteiger partial charge in [0, 0.05) is 17.6 Å². The van der Waals surface area contributed by atoms with Crippen LogP contribution in [0.2, 0.25) is 0 Å². The first-order valence-electron chi connectivity index (χ1n) is 11.4. The van der Waals surface area contributed by atoms with E-state index in [1.807, 2.05) is 46.8 Å². The van der Waals surface area contributed by atoms with Gasteiger partial charge in [-0.1, -0.05) is 31.4 Å². The van der Waals surface area contributed by atoms with E-state index < -0.39 is 35.1 Å². The third-order valence-electron chi connectivity index (χ3n) is 6.87. The number of hydrogen-bond donors (Lipinski definition) is 2. The molecule has 30 heavy (non-hydrogen) atoms. The summed E-state index contributed by atoms with van der Waals surface area (Å²) < 4.78 is 6.31. The number of carbonyl (C=O) groups excluding carboxylic acids is 3. The molecule has 4 rings (SSSR count). The van der Waals surface area contributed by atoms with Gasteiger partial charge < -0.3 is 20.3 Å². The zero-order valence-corrected chi connectivity index (χ0v) is 18.7. The Balaban J connectivity index is 1.64. The fourth-order valence-electron chi connectivity index (χ4n) is 5.74. The number of amides is 3. The second-order valence-electron chi connectivity index (χ2n) is 10.6. The normalized spacial score (nSPS) is 35.8. The second kappa shape index (κ2) is 7.36. The largest absolute Gasteiger partial charge is 0.359 e. The van der Waals surface area contributed by atoms with Gasteiger partial charge in [-0.05, 0) is 47.5 Å². The molecule has 3 aliphatic heterocycles. The number of nitrogens with zero attached hydrogens (tertiary/aromatic N) is 1. The number of ether oxygens (including phenoxy) is 1. The van der Waals surface area contributed by atoms with E-state index in [1.165, 1.54) is 6.42 Å². The minimum absolute atomic E-state index is 0.114. The standard InChI is InChI=1S/C23H35N3O4/c1-13(2)26-18(20(28)25-22(3,4)5)23-12-11-15(30-23)16(17(23)21(26)29)19(27)24-14-9-7-6-8-10-14/h11-18H,6-10H2,1-5H3,(H,24,27)(H,25,28)/t15-,16-,17+,18+,23+/m1/s1. The SMILES string of the molecule is CC(C)N1C(=O)[C@@H]2[C@H](C(=O)NC3CCCCC3)[C@H]3C=C[C@@]2(O3)[C@@H]1C(=O)NC(C)(C)C. The summed E-state index contributed by atoms with van der Waals surface area (Å²) in [5.74, 6) is -1.75. The van der Waals surface area contributed by atoms with E-state index >= 15 is 0 Å². The van der Waals surface area contributed by atoms with Crippen LogP contribution >= 0.6 is 0 Å². The molecule has 5 atom stereocenters. The third kappa shape index (κ3) is 3.35. The van der Waals surface area contributed by atoms with Crippen molar-refractivity contribution in [3.8, 4) is 0 Å². The summed E-state index contributed by atoms with van der Waals surface area (Å²) in [6, 6.07) is -0.780. The summed E-state index contributed by atoms with van der Waals surface area (Å²) in [6.07, 6.45) is 8.70. The van der Waals surface area contributed by atoms with Crippen LogP contribution in [-0.4, -0.2) is 58.0 Å². The highest BCUT2D eigenvalue weighted by Crippen LogP contribution is 2.55. The van der Waals surface area contributed by atoms with Crippen LogP contribution in [0.5, 0.6) is 0 Å². The topological polar surface area (TPSA) is 87.7 Å². The van der Waals surface area contributed by atoms with Gasteiger partial charge in [0.1, 0.15) is 11.6 Å². The van der Waals surface area contributed by atoms with Gasteiger partial charge in [-0.3, -0.25) is 14.4 Å². The van der Waals surface area contributed by atoms with Crippen LogP contribution < -0.4 is 10.6 Å². The van der Waals surface area contributed by atoms with Crippen LogP contribution in [0, 0.1) is 11.8 Å². The maximum Gasteiger partial charge on any atom is 0.246 e. The predicted molar refractivity (Wildman–Crippen MR) is 112 cm³/mol. The van der Waals surface area contributed by atoms with E-state index in [0.717, 1.165) is 25.7 Å². The van der Waals surface area contributed by atoms with E-state index in [2.05, 4.69) is 10.6 Å². The summed E-state index contributed by atoms with van der Waals surface area (Å²) in [7, 11) is 0. The van der Waals surface area contributed by atoms with Crippen molar-refractivity contribution in [2.45, 2.75) is 102 Å². The third-order valence-corrected chi connectivity index (χ3v) is 6.87. The van der Waals surface area contributed by atoms with Crippen molar-refractivity contribution in [3.05, 3.63) is 12.2 Å². The van der Waals surface area contributed by atoms with Gasteiger partial charge in [0.2, 0.25) is 17.7 Å². The van der Waals surface area contributed by atoms with Crippen LogP contribution in [0.25, 0.3) is 0 Å². The first kappa shape index (κ1) is 21.3. The highest BCUT2D eigenvalue weighted by Gasteiger charge is 2.73. The lowest BCUT2D eigenvalue weighted by molar-refractivity contribution is -0.144. The van der Waals surface area contributed by atoms with Gasteiger partial charge >= 0.3 is 0 Å². The summed E-state index contributed by atoms with van der Waals surface area (Å²) in [4.78, 5) is 41.8. The van der Waals surface area contributed by atoms with Crippen molar-refractivity contribution >= 4 is 17.7 Å². The van der Waals surface area contributed by atoms with Gasteiger partial charge in [0.25, 0.3) is 0 Å². The second-order valence-corrected chi connectivity index (χ2v) is 10.6. The highest BCUT2D eigenvalue weighted by molar-refractivity contribution is 6.00. The molecule has 2 saturated heterocycles. The van der Waals surface area contributed by atoms with Crippen LogP contribution in [0.15, 0.2) is 12.2 Å². The van der Waals surface area contributed by atoms with Crippen molar-refractivity contribution in [2.75, 3.05) is 0 Å². The zero-order valence-electron chi connectivity index (χ0n) is 18.7. The van der Waals surface area contributed by atoms with Gasteiger partial charge in [-0.25, -0.2) is 0 Å². The lowest BCUT2D eigenvalue weighted by Crippen LogP contribution is -2.59. The van der Waals surface area contributed by atoms with E-state index in [1.54, 1.807) is 4.90 Å². The van der Waals surface area contributed by atoms with E-state index in [0.29, 0.717) is 0 Å². The van der Waals surface area contributed by atoms with Crippen LogP contribution in [0.3, 0.4) is 0 Å². The molecule has 4 aliphatic rings. The lowest BCUT2D eigenvalue weighted by atomic mass is 9.74. The molecule has 1 spiro atoms. The Morgan fingerprint density at radius 3 is 2.43 bits per heavy atom.